The molecule has 0 fully saturated rings. The highest BCUT2D eigenvalue weighted by Crippen LogP contribution is 2.15. The summed E-state index contributed by atoms with van der Waals surface area (Å²) >= 11 is 5.56. The molecule has 3 amide bonds. The van der Waals surface area contributed by atoms with E-state index in [-0.39, 0.29) is 16.0 Å². The van der Waals surface area contributed by atoms with Gasteiger partial charge < -0.3 is 5.32 Å². The zero-order valence-electron chi connectivity index (χ0n) is 11.0. The van der Waals surface area contributed by atoms with E-state index in [4.69, 9.17) is 11.6 Å². The summed E-state index contributed by atoms with van der Waals surface area (Å²) in [6.45, 7) is 6.29. The van der Waals surface area contributed by atoms with E-state index in [1.165, 1.54) is 12.1 Å². The molecule has 4 nitrogen and oxygen atoms in total. The Morgan fingerprint density at radius 2 is 1.95 bits per heavy atom. The van der Waals surface area contributed by atoms with Crippen molar-refractivity contribution in [2.45, 2.75) is 20.8 Å². The van der Waals surface area contributed by atoms with E-state index in [9.17, 15) is 14.0 Å². The normalized spacial score (nSPS) is 11.0. The maximum absolute atomic E-state index is 12.9. The average molecular weight is 287 g/mol. The molecule has 1 aromatic carbocycles. The third-order valence-corrected chi connectivity index (χ3v) is 2.48. The van der Waals surface area contributed by atoms with Crippen LogP contribution in [0.3, 0.4) is 0 Å². The lowest BCUT2D eigenvalue weighted by Gasteiger charge is -2.18. The van der Waals surface area contributed by atoms with Gasteiger partial charge >= 0.3 is 6.03 Å². The minimum absolute atomic E-state index is 0.0838. The van der Waals surface area contributed by atoms with E-state index >= 15 is 0 Å². The van der Waals surface area contributed by atoms with Crippen LogP contribution in [0.5, 0.6) is 0 Å². The minimum Gasteiger partial charge on any atom is -0.337 e. The fraction of sp³-hybridized carbons (Fsp3) is 0.385. The number of nitrogens with one attached hydrogen (secondary N) is 2. The van der Waals surface area contributed by atoms with Gasteiger partial charge in [-0.25, -0.2) is 9.18 Å². The van der Waals surface area contributed by atoms with Gasteiger partial charge in [0.2, 0.25) is 0 Å². The standard InChI is InChI=1S/C13H16ClFN2O2/c1-13(2,3)7-16-12(19)17-11(18)8-4-5-10(15)9(14)6-8/h4-6H,7H2,1-3H3,(H2,16,17,18,19). The van der Waals surface area contributed by atoms with Crippen LogP contribution in [-0.4, -0.2) is 18.5 Å². The van der Waals surface area contributed by atoms with Crippen LogP contribution >= 0.6 is 11.6 Å². The Bertz CT molecular complexity index is 498. The van der Waals surface area contributed by atoms with Crippen molar-refractivity contribution in [2.24, 2.45) is 5.41 Å². The highest BCUT2D eigenvalue weighted by atomic mass is 35.5. The van der Waals surface area contributed by atoms with Crippen LogP contribution in [-0.2, 0) is 0 Å². The SMILES string of the molecule is CC(C)(C)CNC(=O)NC(=O)c1ccc(F)c(Cl)c1. The summed E-state index contributed by atoms with van der Waals surface area (Å²) in [5, 5.41) is 4.55. The molecular formula is C13H16ClFN2O2. The summed E-state index contributed by atoms with van der Waals surface area (Å²) in [5.41, 5.74) is 0.0387. The number of urea groups is 1. The first-order valence-corrected chi connectivity index (χ1v) is 6.11. The molecule has 0 atom stereocenters. The maximum Gasteiger partial charge on any atom is 0.321 e. The van der Waals surface area contributed by atoms with Gasteiger partial charge in [0.15, 0.2) is 0 Å². The van der Waals surface area contributed by atoms with Gasteiger partial charge in [0.05, 0.1) is 5.02 Å². The second-order valence-electron chi connectivity index (χ2n) is 5.33. The van der Waals surface area contributed by atoms with Crippen LogP contribution in [0.15, 0.2) is 18.2 Å². The van der Waals surface area contributed by atoms with Gasteiger partial charge in [-0.15, -0.1) is 0 Å². The Labute approximate surface area is 116 Å². The summed E-state index contributed by atoms with van der Waals surface area (Å²) in [6.07, 6.45) is 0. The third-order valence-electron chi connectivity index (χ3n) is 2.19. The van der Waals surface area contributed by atoms with Crippen LogP contribution in [0.4, 0.5) is 9.18 Å². The minimum atomic E-state index is -0.631. The molecule has 0 heterocycles. The van der Waals surface area contributed by atoms with E-state index in [0.717, 1.165) is 6.07 Å². The zero-order chi connectivity index (χ0) is 14.6. The molecule has 0 saturated heterocycles. The summed E-state index contributed by atoms with van der Waals surface area (Å²) in [7, 11) is 0. The Morgan fingerprint density at radius 1 is 1.32 bits per heavy atom. The number of hydrogen-bond donors (Lipinski definition) is 2. The maximum atomic E-state index is 12.9. The second-order valence-corrected chi connectivity index (χ2v) is 5.73. The van der Waals surface area contributed by atoms with Crippen molar-refractivity contribution in [1.82, 2.24) is 10.6 Å². The van der Waals surface area contributed by atoms with Crippen molar-refractivity contribution in [3.05, 3.63) is 34.6 Å². The van der Waals surface area contributed by atoms with Gasteiger partial charge in [0.1, 0.15) is 5.82 Å². The Kier molecular flexibility index (Phi) is 4.89. The lowest BCUT2D eigenvalue weighted by Crippen LogP contribution is -2.42. The number of carbonyl (C=O) groups is 2. The van der Waals surface area contributed by atoms with Crippen LogP contribution in [0, 0.1) is 11.2 Å². The molecule has 0 aliphatic rings. The van der Waals surface area contributed by atoms with Crippen molar-refractivity contribution >= 4 is 23.5 Å². The van der Waals surface area contributed by atoms with E-state index in [0.29, 0.717) is 6.54 Å². The number of halogens is 2. The summed E-state index contributed by atoms with van der Waals surface area (Å²) in [4.78, 5) is 23.2. The lowest BCUT2D eigenvalue weighted by molar-refractivity contribution is 0.0963. The zero-order valence-corrected chi connectivity index (χ0v) is 11.8. The van der Waals surface area contributed by atoms with Gasteiger partial charge in [0, 0.05) is 12.1 Å². The summed E-state index contributed by atoms with van der Waals surface area (Å²) in [5.74, 6) is -1.25. The van der Waals surface area contributed by atoms with Crippen LogP contribution in [0.2, 0.25) is 5.02 Å². The Balaban J connectivity index is 2.59. The molecule has 0 bridgehead atoms. The van der Waals surface area contributed by atoms with Gasteiger partial charge in [-0.2, -0.15) is 0 Å². The van der Waals surface area contributed by atoms with Crippen LogP contribution in [0.25, 0.3) is 0 Å². The summed E-state index contributed by atoms with van der Waals surface area (Å²) in [6, 6.07) is 2.90. The molecule has 1 aromatic rings. The Hall–Kier alpha value is -1.62. The van der Waals surface area contributed by atoms with E-state index in [2.05, 4.69) is 10.6 Å². The molecule has 0 saturated carbocycles. The summed E-state index contributed by atoms with van der Waals surface area (Å²) < 4.78 is 12.9. The molecule has 6 heteroatoms. The third kappa shape index (κ3) is 5.26. The first-order valence-electron chi connectivity index (χ1n) is 5.73. The molecule has 19 heavy (non-hydrogen) atoms. The number of benzene rings is 1. The number of hydrogen-bond acceptors (Lipinski definition) is 2. The molecule has 0 unspecified atom stereocenters. The van der Waals surface area contributed by atoms with Crippen LogP contribution in [0.1, 0.15) is 31.1 Å². The molecule has 0 aromatic heterocycles. The predicted molar refractivity (Wildman–Crippen MR) is 71.7 cm³/mol. The van der Waals surface area contributed by atoms with Gasteiger partial charge in [0.25, 0.3) is 5.91 Å². The van der Waals surface area contributed by atoms with Crippen LogP contribution < -0.4 is 10.6 Å². The van der Waals surface area contributed by atoms with Crippen molar-refractivity contribution < 1.29 is 14.0 Å². The molecule has 104 valence electrons. The largest absolute Gasteiger partial charge is 0.337 e. The van der Waals surface area contributed by atoms with Crippen molar-refractivity contribution in [3.63, 3.8) is 0 Å². The molecule has 0 aliphatic carbocycles. The fourth-order valence-electron chi connectivity index (χ4n) is 1.20. The van der Waals surface area contributed by atoms with E-state index in [1.807, 2.05) is 20.8 Å². The average Bonchev–Trinajstić information content (AvgIpc) is 2.29. The highest BCUT2D eigenvalue weighted by molar-refractivity contribution is 6.31. The van der Waals surface area contributed by atoms with Crippen molar-refractivity contribution in [1.29, 1.82) is 0 Å². The van der Waals surface area contributed by atoms with E-state index < -0.39 is 17.8 Å². The highest BCUT2D eigenvalue weighted by Gasteiger charge is 2.15. The fourth-order valence-corrected chi connectivity index (χ4v) is 1.38. The number of imide groups is 1. The lowest BCUT2D eigenvalue weighted by atomic mass is 9.97. The number of carbonyl (C=O) groups excluding carboxylic acids is 2. The molecule has 0 radical (unpaired) electrons. The quantitative estimate of drug-likeness (QED) is 0.878. The van der Waals surface area contributed by atoms with Gasteiger partial charge in [-0.05, 0) is 23.6 Å². The second kappa shape index (κ2) is 6.02. The predicted octanol–water partition coefficient (Wildman–Crippen LogP) is 2.96. The Morgan fingerprint density at radius 3 is 2.47 bits per heavy atom. The first-order chi connectivity index (χ1) is 8.69. The number of rotatable bonds is 2. The molecule has 0 spiro atoms. The van der Waals surface area contributed by atoms with E-state index in [1.54, 1.807) is 0 Å². The molecule has 1 rings (SSSR count). The van der Waals surface area contributed by atoms with Gasteiger partial charge in [-0.3, -0.25) is 10.1 Å². The first kappa shape index (κ1) is 15.4. The number of amides is 3. The van der Waals surface area contributed by atoms with Crippen molar-refractivity contribution in [3.8, 4) is 0 Å². The molecular weight excluding hydrogens is 271 g/mol. The van der Waals surface area contributed by atoms with Gasteiger partial charge in [-0.1, -0.05) is 32.4 Å². The van der Waals surface area contributed by atoms with Crippen molar-refractivity contribution in [2.75, 3.05) is 6.54 Å². The smallest absolute Gasteiger partial charge is 0.321 e. The molecule has 0 aliphatic heterocycles. The monoisotopic (exact) mass is 286 g/mol. The molecule has 2 N–H and O–H groups in total. The topological polar surface area (TPSA) is 58.2 Å².